The molecule has 0 nitrogen and oxygen atoms in total. The third-order valence-electron chi connectivity index (χ3n) is 10.8. The molecule has 0 bridgehead atoms. The summed E-state index contributed by atoms with van der Waals surface area (Å²) in [5.74, 6) is -16.1. The fourth-order valence-corrected chi connectivity index (χ4v) is 10.8. The van der Waals surface area contributed by atoms with E-state index in [4.69, 9.17) is 0 Å². The van der Waals surface area contributed by atoms with Crippen molar-refractivity contribution in [2.24, 2.45) is 0 Å². The second-order valence-electron chi connectivity index (χ2n) is 16.3. The topological polar surface area (TPSA) is 0 Å². The number of hydrogen-bond donors (Lipinski definition) is 0. The molecule has 8 heteroatoms. The molecule has 2 aromatic heterocycles. The van der Waals surface area contributed by atoms with Gasteiger partial charge in [-0.05, 0) is 56.3 Å². The van der Waals surface area contributed by atoms with Crippen LogP contribution in [0.5, 0.6) is 0 Å². The van der Waals surface area contributed by atoms with Crippen LogP contribution in [-0.2, 0) is 16.2 Å². The summed E-state index contributed by atoms with van der Waals surface area (Å²) in [4.78, 5) is 1.59. The van der Waals surface area contributed by atoms with Gasteiger partial charge < -0.3 is 0 Å². The summed E-state index contributed by atoms with van der Waals surface area (Å²) in [7, 11) is 0. The number of rotatable bonds is 4. The van der Waals surface area contributed by atoms with Crippen molar-refractivity contribution in [3.8, 4) is 20.9 Å². The molecule has 0 unspecified atom stereocenters. The van der Waals surface area contributed by atoms with Crippen molar-refractivity contribution in [2.45, 2.75) is 75.6 Å². The maximum Gasteiger partial charge on any atom is 0.380 e. The normalized spacial score (nSPS) is 18.1. The standard InChI is InChI=1S/C46H38F6S2/c1-41(2,3)29-17-21-31(22-18-29)43(32-23-19-30(20-24-32)42(4,5)6)39-33(25-35(53-39)27-13-9-7-10-14-27)37-38(45(49,50)46(51,52)44(37,47)48)34-26-36(54-40(34)43)28-15-11-8-12-16-28/h7-26H,1-6H3. The van der Waals surface area contributed by atoms with Gasteiger partial charge in [0.1, 0.15) is 0 Å². The summed E-state index contributed by atoms with van der Waals surface area (Å²) >= 11 is 2.37. The van der Waals surface area contributed by atoms with Gasteiger partial charge in [0.25, 0.3) is 0 Å². The molecule has 4 aromatic carbocycles. The highest BCUT2D eigenvalue weighted by atomic mass is 32.1. The first-order chi connectivity index (χ1) is 25.3. The van der Waals surface area contributed by atoms with Gasteiger partial charge in [-0.2, -0.15) is 26.3 Å². The van der Waals surface area contributed by atoms with Gasteiger partial charge in [0.2, 0.25) is 0 Å². The smallest absolute Gasteiger partial charge is 0.194 e. The average Bonchev–Trinajstić information content (AvgIpc) is 3.77. The molecule has 0 fully saturated rings. The zero-order valence-corrected chi connectivity index (χ0v) is 32.3. The Hall–Kier alpha value is -4.40. The summed E-state index contributed by atoms with van der Waals surface area (Å²) in [6.07, 6.45) is 0. The van der Waals surface area contributed by atoms with E-state index in [1.165, 1.54) is 34.8 Å². The van der Waals surface area contributed by atoms with E-state index in [0.717, 1.165) is 11.1 Å². The van der Waals surface area contributed by atoms with Gasteiger partial charge in [-0.25, -0.2) is 0 Å². The van der Waals surface area contributed by atoms with Gasteiger partial charge in [-0.3, -0.25) is 0 Å². The van der Waals surface area contributed by atoms with Crippen LogP contribution in [0, 0.1) is 0 Å². The number of allylic oxidation sites excluding steroid dienone is 2. The van der Waals surface area contributed by atoms with Gasteiger partial charge in [0.05, 0.1) is 5.41 Å². The van der Waals surface area contributed by atoms with E-state index in [2.05, 4.69) is 41.5 Å². The third kappa shape index (κ3) is 5.16. The number of hydrogen-bond acceptors (Lipinski definition) is 2. The summed E-state index contributed by atoms with van der Waals surface area (Å²) < 4.78 is 98.0. The van der Waals surface area contributed by atoms with E-state index in [0.29, 0.717) is 32.0 Å². The van der Waals surface area contributed by atoms with Crippen molar-refractivity contribution in [1.29, 1.82) is 0 Å². The largest absolute Gasteiger partial charge is 0.380 e. The van der Waals surface area contributed by atoms with Crippen LogP contribution in [0.1, 0.15) is 84.7 Å². The Bertz CT molecular complexity index is 2230. The third-order valence-corrected chi connectivity index (χ3v) is 13.4. The van der Waals surface area contributed by atoms with Gasteiger partial charge in [0.15, 0.2) is 0 Å². The Morgan fingerprint density at radius 2 is 0.778 bits per heavy atom. The minimum atomic E-state index is -5.67. The molecule has 0 saturated heterocycles. The molecule has 0 atom stereocenters. The summed E-state index contributed by atoms with van der Waals surface area (Å²) in [5.41, 5.74) is -0.465. The molecule has 2 heterocycles. The second-order valence-corrected chi connectivity index (χ2v) is 18.4. The molecule has 0 spiro atoms. The SMILES string of the molecule is CC(C)(C)c1ccc(C2(c3ccc(C(C)(C)C)cc3)c3sc(-c4ccccc4)cc3C3=C(c4cc(-c5ccccc5)sc42)C(F)(F)C(F)(F)C3(F)F)cc1. The van der Waals surface area contributed by atoms with Crippen LogP contribution < -0.4 is 0 Å². The highest BCUT2D eigenvalue weighted by Crippen LogP contribution is 2.70. The average molecular weight is 769 g/mol. The van der Waals surface area contributed by atoms with E-state index < -0.39 is 34.3 Å². The number of thiophene rings is 2. The van der Waals surface area contributed by atoms with Gasteiger partial charge in [-0.1, -0.05) is 151 Å². The maximum atomic E-state index is 16.6. The lowest BCUT2D eigenvalue weighted by atomic mass is 9.69. The fraction of sp³-hybridized carbons (Fsp3) is 0.261. The lowest BCUT2D eigenvalue weighted by Gasteiger charge is -2.37. The monoisotopic (exact) mass is 768 g/mol. The zero-order chi connectivity index (χ0) is 38.6. The maximum absolute atomic E-state index is 16.6. The van der Waals surface area contributed by atoms with Gasteiger partial charge in [0, 0.05) is 41.8 Å². The Morgan fingerprint density at radius 3 is 1.09 bits per heavy atom. The quantitative estimate of drug-likeness (QED) is 0.157. The van der Waals surface area contributed by atoms with Crippen LogP contribution in [0.4, 0.5) is 26.3 Å². The minimum Gasteiger partial charge on any atom is -0.194 e. The van der Waals surface area contributed by atoms with Crippen LogP contribution >= 0.6 is 22.7 Å². The summed E-state index contributed by atoms with van der Waals surface area (Å²) in [6, 6.07) is 36.6. The molecular weight excluding hydrogens is 731 g/mol. The molecule has 0 amide bonds. The van der Waals surface area contributed by atoms with Gasteiger partial charge in [-0.15, -0.1) is 22.7 Å². The molecule has 54 heavy (non-hydrogen) atoms. The predicted molar refractivity (Wildman–Crippen MR) is 210 cm³/mol. The molecule has 0 saturated carbocycles. The highest BCUT2D eigenvalue weighted by Gasteiger charge is 2.81. The van der Waals surface area contributed by atoms with Crippen molar-refractivity contribution in [3.63, 3.8) is 0 Å². The highest BCUT2D eigenvalue weighted by molar-refractivity contribution is 7.18. The lowest BCUT2D eigenvalue weighted by molar-refractivity contribution is -0.254. The zero-order valence-electron chi connectivity index (χ0n) is 30.6. The molecule has 0 aliphatic heterocycles. The van der Waals surface area contributed by atoms with E-state index in [1.807, 2.05) is 60.7 Å². The molecule has 0 radical (unpaired) electrons. The fourth-order valence-electron chi connectivity index (χ4n) is 7.87. The Balaban J connectivity index is 1.59. The second kappa shape index (κ2) is 12.0. The minimum absolute atomic E-state index is 0.231. The van der Waals surface area contributed by atoms with Crippen molar-refractivity contribution in [1.82, 2.24) is 0 Å². The van der Waals surface area contributed by atoms with Crippen molar-refractivity contribution < 1.29 is 26.3 Å². The van der Waals surface area contributed by atoms with Crippen LogP contribution in [0.15, 0.2) is 121 Å². The van der Waals surface area contributed by atoms with Crippen LogP contribution in [0.2, 0.25) is 0 Å². The first-order valence-corrected chi connectivity index (χ1v) is 19.5. The summed E-state index contributed by atoms with van der Waals surface area (Å²) in [5, 5.41) is 0. The number of halogens is 6. The van der Waals surface area contributed by atoms with E-state index >= 15 is 26.3 Å². The van der Waals surface area contributed by atoms with Crippen LogP contribution in [0.25, 0.3) is 32.0 Å². The van der Waals surface area contributed by atoms with E-state index in [1.54, 1.807) is 48.5 Å². The van der Waals surface area contributed by atoms with Crippen molar-refractivity contribution in [3.05, 3.63) is 164 Å². The van der Waals surface area contributed by atoms with Crippen LogP contribution in [-0.4, -0.2) is 17.8 Å². The van der Waals surface area contributed by atoms with Crippen molar-refractivity contribution >= 4 is 33.8 Å². The molecule has 6 aromatic rings. The van der Waals surface area contributed by atoms with E-state index in [9.17, 15) is 0 Å². The Kier molecular flexibility index (Phi) is 8.16. The molecular formula is C46H38F6S2. The first kappa shape index (κ1) is 36.6. The molecule has 0 N–H and O–H groups in total. The van der Waals surface area contributed by atoms with Crippen molar-refractivity contribution in [2.75, 3.05) is 0 Å². The molecule has 2 aliphatic rings. The van der Waals surface area contributed by atoms with Gasteiger partial charge >= 0.3 is 17.8 Å². The number of alkyl halides is 6. The lowest BCUT2D eigenvalue weighted by Crippen LogP contribution is -2.49. The number of fused-ring (bicyclic) bond motifs is 4. The summed E-state index contributed by atoms with van der Waals surface area (Å²) in [6.45, 7) is 12.5. The number of benzene rings is 4. The Morgan fingerprint density at radius 1 is 0.444 bits per heavy atom. The molecule has 2 aliphatic carbocycles. The molecule has 8 rings (SSSR count). The molecule has 276 valence electrons. The van der Waals surface area contributed by atoms with Crippen LogP contribution in [0.3, 0.4) is 0 Å². The Labute approximate surface area is 319 Å². The van der Waals surface area contributed by atoms with E-state index in [-0.39, 0.29) is 31.7 Å². The predicted octanol–water partition coefficient (Wildman–Crippen LogP) is 14.3. The first-order valence-electron chi connectivity index (χ1n) is 17.8.